The standard InChI is InChI=1S/C12H25NO4S/c1-4-11(8-18(13,14)15)7-16-12-5-9(2)17-10(3)6-12/h9-12H,4-8H2,1-3H3,(H2,13,14,15). The molecule has 1 fully saturated rings. The van der Waals surface area contributed by atoms with Crippen LogP contribution < -0.4 is 5.14 Å². The Bertz CT molecular complexity index is 334. The van der Waals surface area contributed by atoms with Crippen molar-refractivity contribution in [2.24, 2.45) is 11.1 Å². The molecule has 2 N–H and O–H groups in total. The summed E-state index contributed by atoms with van der Waals surface area (Å²) in [7, 11) is -3.41. The maximum absolute atomic E-state index is 11.1. The summed E-state index contributed by atoms with van der Waals surface area (Å²) in [6, 6.07) is 0. The summed E-state index contributed by atoms with van der Waals surface area (Å²) in [5.74, 6) is -0.0221. The topological polar surface area (TPSA) is 78.6 Å². The van der Waals surface area contributed by atoms with E-state index in [1.165, 1.54) is 0 Å². The van der Waals surface area contributed by atoms with Crippen LogP contribution in [0.5, 0.6) is 0 Å². The third-order valence-corrected chi connectivity index (χ3v) is 4.20. The van der Waals surface area contributed by atoms with Crippen molar-refractivity contribution in [3.05, 3.63) is 0 Å². The number of hydrogen-bond acceptors (Lipinski definition) is 4. The zero-order valence-corrected chi connectivity index (χ0v) is 12.3. The van der Waals surface area contributed by atoms with Crippen molar-refractivity contribution in [3.63, 3.8) is 0 Å². The van der Waals surface area contributed by atoms with Gasteiger partial charge in [0.1, 0.15) is 0 Å². The summed E-state index contributed by atoms with van der Waals surface area (Å²) in [4.78, 5) is 0. The van der Waals surface area contributed by atoms with E-state index in [0.29, 0.717) is 6.61 Å². The van der Waals surface area contributed by atoms with Crippen LogP contribution in [0.1, 0.15) is 40.0 Å². The van der Waals surface area contributed by atoms with Gasteiger partial charge in [0.2, 0.25) is 10.0 Å². The molecule has 0 aromatic carbocycles. The molecule has 0 radical (unpaired) electrons. The highest BCUT2D eigenvalue weighted by Gasteiger charge is 2.26. The quantitative estimate of drug-likeness (QED) is 0.794. The summed E-state index contributed by atoms with van der Waals surface area (Å²) in [5.41, 5.74) is 0. The molecule has 0 spiro atoms. The first-order valence-corrected chi connectivity index (χ1v) is 8.29. The number of rotatable bonds is 6. The molecule has 108 valence electrons. The Balaban J connectivity index is 2.38. The van der Waals surface area contributed by atoms with Crippen molar-refractivity contribution in [1.29, 1.82) is 0 Å². The van der Waals surface area contributed by atoms with Crippen molar-refractivity contribution in [2.75, 3.05) is 12.4 Å². The van der Waals surface area contributed by atoms with Gasteiger partial charge >= 0.3 is 0 Å². The molecule has 1 saturated heterocycles. The Morgan fingerprint density at radius 1 is 1.33 bits per heavy atom. The van der Waals surface area contributed by atoms with E-state index in [-0.39, 0.29) is 30.0 Å². The van der Waals surface area contributed by atoms with E-state index < -0.39 is 10.0 Å². The highest BCUT2D eigenvalue weighted by molar-refractivity contribution is 7.89. The minimum atomic E-state index is -3.41. The minimum absolute atomic E-state index is 0.00216. The summed E-state index contributed by atoms with van der Waals surface area (Å²) in [6.07, 6.45) is 3.07. The van der Waals surface area contributed by atoms with Crippen molar-refractivity contribution >= 4 is 10.0 Å². The first-order chi connectivity index (χ1) is 8.30. The smallest absolute Gasteiger partial charge is 0.209 e. The monoisotopic (exact) mass is 279 g/mol. The van der Waals surface area contributed by atoms with E-state index >= 15 is 0 Å². The van der Waals surface area contributed by atoms with Gasteiger partial charge in [0.05, 0.1) is 30.7 Å². The first kappa shape index (κ1) is 15.9. The average Bonchev–Trinajstić information content (AvgIpc) is 2.21. The van der Waals surface area contributed by atoms with Crippen LogP contribution in [-0.2, 0) is 19.5 Å². The van der Waals surface area contributed by atoms with E-state index in [1.54, 1.807) is 0 Å². The zero-order chi connectivity index (χ0) is 13.8. The molecule has 1 aliphatic heterocycles. The highest BCUT2D eigenvalue weighted by atomic mass is 32.2. The van der Waals surface area contributed by atoms with E-state index in [9.17, 15) is 8.42 Å². The summed E-state index contributed by atoms with van der Waals surface area (Å²) in [6.45, 7) is 6.48. The van der Waals surface area contributed by atoms with Crippen LogP contribution in [-0.4, -0.2) is 39.1 Å². The van der Waals surface area contributed by atoms with Crippen LogP contribution in [0.2, 0.25) is 0 Å². The first-order valence-electron chi connectivity index (χ1n) is 6.57. The van der Waals surface area contributed by atoms with Gasteiger partial charge in [0, 0.05) is 0 Å². The molecule has 0 aliphatic carbocycles. The lowest BCUT2D eigenvalue weighted by molar-refractivity contribution is -0.106. The van der Waals surface area contributed by atoms with Gasteiger partial charge in [-0.2, -0.15) is 0 Å². The van der Waals surface area contributed by atoms with Gasteiger partial charge in [0.25, 0.3) is 0 Å². The molecular weight excluding hydrogens is 254 g/mol. The van der Waals surface area contributed by atoms with Gasteiger partial charge in [-0.05, 0) is 32.6 Å². The van der Waals surface area contributed by atoms with Crippen LogP contribution in [0.15, 0.2) is 0 Å². The molecule has 18 heavy (non-hydrogen) atoms. The average molecular weight is 279 g/mol. The number of hydrogen-bond donors (Lipinski definition) is 1. The number of ether oxygens (including phenoxy) is 2. The Hall–Kier alpha value is -0.170. The van der Waals surface area contributed by atoms with Crippen LogP contribution in [0.4, 0.5) is 0 Å². The summed E-state index contributed by atoms with van der Waals surface area (Å²) < 4.78 is 33.6. The number of sulfonamides is 1. The third-order valence-electron chi connectivity index (χ3n) is 3.27. The summed E-state index contributed by atoms with van der Waals surface area (Å²) >= 11 is 0. The fraction of sp³-hybridized carbons (Fsp3) is 1.00. The number of primary sulfonamides is 1. The Labute approximate surface area is 110 Å². The second-order valence-electron chi connectivity index (χ2n) is 5.29. The molecule has 6 heteroatoms. The molecule has 0 aromatic heterocycles. The molecule has 1 aliphatic rings. The van der Waals surface area contributed by atoms with E-state index in [0.717, 1.165) is 19.3 Å². The fourth-order valence-corrected chi connectivity index (χ4v) is 3.35. The van der Waals surface area contributed by atoms with Crippen molar-refractivity contribution in [3.8, 4) is 0 Å². The third kappa shape index (κ3) is 6.13. The van der Waals surface area contributed by atoms with Crippen LogP contribution in [0, 0.1) is 5.92 Å². The van der Waals surface area contributed by atoms with Gasteiger partial charge in [-0.25, -0.2) is 13.6 Å². The zero-order valence-electron chi connectivity index (χ0n) is 11.5. The van der Waals surface area contributed by atoms with Crippen molar-refractivity contribution in [1.82, 2.24) is 0 Å². The van der Waals surface area contributed by atoms with E-state index in [2.05, 4.69) is 0 Å². The molecule has 3 unspecified atom stereocenters. The largest absolute Gasteiger partial charge is 0.378 e. The highest BCUT2D eigenvalue weighted by Crippen LogP contribution is 2.22. The Morgan fingerprint density at radius 3 is 2.33 bits per heavy atom. The van der Waals surface area contributed by atoms with Crippen LogP contribution in [0.25, 0.3) is 0 Å². The van der Waals surface area contributed by atoms with Crippen molar-refractivity contribution < 1.29 is 17.9 Å². The molecule has 0 saturated carbocycles. The summed E-state index contributed by atoms with van der Waals surface area (Å²) in [5, 5.41) is 5.06. The Kier molecular flexibility index (Phi) is 6.04. The van der Waals surface area contributed by atoms with Gasteiger partial charge in [-0.15, -0.1) is 0 Å². The second kappa shape index (κ2) is 6.84. The van der Waals surface area contributed by atoms with Gasteiger partial charge in [-0.3, -0.25) is 0 Å². The lowest BCUT2D eigenvalue weighted by Gasteiger charge is -2.32. The van der Waals surface area contributed by atoms with Gasteiger partial charge in [-0.1, -0.05) is 13.3 Å². The lowest BCUT2D eigenvalue weighted by atomic mass is 10.0. The molecule has 1 rings (SSSR count). The minimum Gasteiger partial charge on any atom is -0.378 e. The van der Waals surface area contributed by atoms with Gasteiger partial charge in [0.15, 0.2) is 0 Å². The van der Waals surface area contributed by atoms with Crippen LogP contribution in [0.3, 0.4) is 0 Å². The van der Waals surface area contributed by atoms with E-state index in [1.807, 2.05) is 20.8 Å². The fourth-order valence-electron chi connectivity index (χ4n) is 2.36. The second-order valence-corrected chi connectivity index (χ2v) is 6.95. The number of nitrogens with two attached hydrogens (primary N) is 1. The Morgan fingerprint density at radius 2 is 1.89 bits per heavy atom. The normalized spacial score (nSPS) is 31.2. The molecular formula is C12H25NO4S. The molecule has 0 amide bonds. The molecule has 5 nitrogen and oxygen atoms in total. The predicted molar refractivity (Wildman–Crippen MR) is 70.7 cm³/mol. The molecule has 0 bridgehead atoms. The molecule has 0 aromatic rings. The van der Waals surface area contributed by atoms with E-state index in [4.69, 9.17) is 14.6 Å². The van der Waals surface area contributed by atoms with Crippen LogP contribution >= 0.6 is 0 Å². The SMILES string of the molecule is CCC(COC1CC(C)OC(C)C1)CS(N)(=O)=O. The molecule has 3 atom stereocenters. The predicted octanol–water partition coefficient (Wildman–Crippen LogP) is 1.27. The van der Waals surface area contributed by atoms with Gasteiger partial charge < -0.3 is 9.47 Å². The maximum Gasteiger partial charge on any atom is 0.209 e. The lowest BCUT2D eigenvalue weighted by Crippen LogP contribution is -2.35. The van der Waals surface area contributed by atoms with Crippen molar-refractivity contribution in [2.45, 2.75) is 58.3 Å². The molecule has 1 heterocycles. The maximum atomic E-state index is 11.1.